The third-order valence-corrected chi connectivity index (χ3v) is 4.07. The predicted molar refractivity (Wildman–Crippen MR) is 98.3 cm³/mol. The Bertz CT molecular complexity index is 1070. The van der Waals surface area contributed by atoms with Gasteiger partial charge in [0.05, 0.1) is 5.52 Å². The summed E-state index contributed by atoms with van der Waals surface area (Å²) in [6, 6.07) is 10.7. The normalized spacial score (nSPS) is 10.8. The molecular formula is C19H19N3O4. The lowest BCUT2D eigenvalue weighted by molar-refractivity contribution is 0.0467. The molecule has 3 rings (SSSR count). The molecule has 0 bridgehead atoms. The zero-order valence-electron chi connectivity index (χ0n) is 14.4. The Morgan fingerprint density at radius 2 is 1.96 bits per heavy atom. The zero-order chi connectivity index (χ0) is 18.7. The van der Waals surface area contributed by atoms with Crippen molar-refractivity contribution in [2.75, 3.05) is 0 Å². The van der Waals surface area contributed by atoms with Crippen LogP contribution in [0.3, 0.4) is 0 Å². The number of allylic oxidation sites excluding steroid dienone is 1. The van der Waals surface area contributed by atoms with E-state index in [1.807, 2.05) is 30.3 Å². The Morgan fingerprint density at radius 1 is 1.23 bits per heavy atom. The number of hydrogen-bond acceptors (Lipinski definition) is 4. The number of nitrogens with zero attached hydrogens (tertiary/aromatic N) is 2. The lowest BCUT2D eigenvalue weighted by atomic mass is 10.2. The number of ether oxygens (including phenoxy) is 1. The van der Waals surface area contributed by atoms with E-state index in [1.165, 1.54) is 10.6 Å². The maximum Gasteiger partial charge on any atom is 0.355 e. The van der Waals surface area contributed by atoms with Gasteiger partial charge in [0, 0.05) is 13.1 Å². The van der Waals surface area contributed by atoms with Crippen LogP contribution >= 0.6 is 0 Å². The van der Waals surface area contributed by atoms with Crippen molar-refractivity contribution in [2.45, 2.75) is 26.6 Å². The van der Waals surface area contributed by atoms with E-state index in [2.05, 4.69) is 11.6 Å². The second kappa shape index (κ2) is 7.26. The third kappa shape index (κ3) is 3.11. The summed E-state index contributed by atoms with van der Waals surface area (Å²) in [6.07, 6.45) is 1.56. The molecule has 0 aliphatic carbocycles. The van der Waals surface area contributed by atoms with Crippen LogP contribution in [0.15, 0.2) is 58.6 Å². The molecule has 0 radical (unpaired) electrons. The van der Waals surface area contributed by atoms with Gasteiger partial charge in [-0.3, -0.25) is 13.9 Å². The van der Waals surface area contributed by atoms with E-state index < -0.39 is 17.2 Å². The minimum absolute atomic E-state index is 0.119. The second-order valence-electron chi connectivity index (χ2n) is 5.74. The van der Waals surface area contributed by atoms with Gasteiger partial charge in [-0.05, 0) is 18.6 Å². The lowest BCUT2D eigenvalue weighted by Gasteiger charge is -2.08. The van der Waals surface area contributed by atoms with E-state index in [0.717, 1.165) is 10.1 Å². The number of carbonyl (C=O) groups excluding carboxylic acids is 1. The summed E-state index contributed by atoms with van der Waals surface area (Å²) < 4.78 is 7.80. The Hall–Kier alpha value is -3.35. The number of carbonyl (C=O) groups is 1. The van der Waals surface area contributed by atoms with Crippen LogP contribution in [-0.2, 0) is 24.4 Å². The number of rotatable bonds is 6. The quantitative estimate of drug-likeness (QED) is 0.543. The smallest absolute Gasteiger partial charge is 0.355 e. The van der Waals surface area contributed by atoms with Crippen molar-refractivity contribution in [1.82, 2.24) is 14.1 Å². The predicted octanol–water partition coefficient (Wildman–Crippen LogP) is 2.05. The summed E-state index contributed by atoms with van der Waals surface area (Å²) in [5.41, 5.74) is 0.632. The van der Waals surface area contributed by atoms with E-state index in [1.54, 1.807) is 13.0 Å². The first kappa shape index (κ1) is 17.5. The summed E-state index contributed by atoms with van der Waals surface area (Å²) in [5, 5.41) is 0. The molecule has 26 heavy (non-hydrogen) atoms. The molecular weight excluding hydrogens is 334 g/mol. The minimum atomic E-state index is -0.592. The topological polar surface area (TPSA) is 86.1 Å². The molecule has 1 N–H and O–H groups in total. The van der Waals surface area contributed by atoms with Crippen molar-refractivity contribution >= 4 is 17.0 Å². The molecule has 3 aromatic rings. The molecule has 7 heteroatoms. The fourth-order valence-electron chi connectivity index (χ4n) is 2.79. The standard InChI is InChI=1S/C19H19N3O4/c1-3-10-22-15-11-14(18(24)26-12-13-8-6-5-7-9-13)20-16(15)17(23)21(4-2)19(22)25/h3,5-9,11,20H,1,4,10,12H2,2H3. The van der Waals surface area contributed by atoms with E-state index in [-0.39, 0.29) is 30.9 Å². The molecule has 2 heterocycles. The van der Waals surface area contributed by atoms with Gasteiger partial charge in [0.2, 0.25) is 0 Å². The van der Waals surface area contributed by atoms with Gasteiger partial charge in [0.1, 0.15) is 17.8 Å². The van der Waals surface area contributed by atoms with E-state index in [4.69, 9.17) is 4.74 Å². The van der Waals surface area contributed by atoms with Gasteiger partial charge in [-0.1, -0.05) is 36.4 Å². The van der Waals surface area contributed by atoms with Crippen LogP contribution in [-0.4, -0.2) is 20.1 Å². The molecule has 0 fully saturated rings. The summed E-state index contributed by atoms with van der Waals surface area (Å²) in [5.74, 6) is -0.592. The number of benzene rings is 1. The number of H-pyrrole nitrogens is 1. The average Bonchev–Trinajstić information content (AvgIpc) is 3.10. The number of aromatic nitrogens is 3. The van der Waals surface area contributed by atoms with E-state index in [0.29, 0.717) is 5.52 Å². The Kier molecular flexibility index (Phi) is 4.88. The number of esters is 1. The zero-order valence-corrected chi connectivity index (χ0v) is 14.4. The minimum Gasteiger partial charge on any atom is -0.456 e. The summed E-state index contributed by atoms with van der Waals surface area (Å²) in [6.45, 7) is 5.93. The van der Waals surface area contributed by atoms with Gasteiger partial charge >= 0.3 is 11.7 Å². The molecule has 134 valence electrons. The lowest BCUT2D eigenvalue weighted by Crippen LogP contribution is -2.39. The molecule has 0 spiro atoms. The first-order valence-electron chi connectivity index (χ1n) is 8.25. The van der Waals surface area contributed by atoms with Gasteiger partial charge in [0.25, 0.3) is 5.56 Å². The summed E-state index contributed by atoms with van der Waals surface area (Å²) >= 11 is 0. The second-order valence-corrected chi connectivity index (χ2v) is 5.74. The van der Waals surface area contributed by atoms with Gasteiger partial charge in [-0.25, -0.2) is 9.59 Å². The number of hydrogen-bond donors (Lipinski definition) is 1. The molecule has 7 nitrogen and oxygen atoms in total. The highest BCUT2D eigenvalue weighted by atomic mass is 16.5. The van der Waals surface area contributed by atoms with Crippen LogP contribution in [0.2, 0.25) is 0 Å². The highest BCUT2D eigenvalue weighted by Gasteiger charge is 2.18. The van der Waals surface area contributed by atoms with Crippen LogP contribution in [0.25, 0.3) is 11.0 Å². The number of nitrogens with one attached hydrogen (secondary N) is 1. The van der Waals surface area contributed by atoms with Crippen molar-refractivity contribution in [2.24, 2.45) is 0 Å². The summed E-state index contributed by atoms with van der Waals surface area (Å²) in [7, 11) is 0. The molecule has 0 aliphatic heterocycles. The first-order chi connectivity index (χ1) is 12.6. The van der Waals surface area contributed by atoms with Crippen LogP contribution < -0.4 is 11.2 Å². The van der Waals surface area contributed by atoms with Crippen molar-refractivity contribution < 1.29 is 9.53 Å². The summed E-state index contributed by atoms with van der Waals surface area (Å²) in [4.78, 5) is 40.1. The van der Waals surface area contributed by atoms with Crippen molar-refractivity contribution in [1.29, 1.82) is 0 Å². The monoisotopic (exact) mass is 353 g/mol. The van der Waals surface area contributed by atoms with Crippen molar-refractivity contribution in [3.8, 4) is 0 Å². The third-order valence-electron chi connectivity index (χ3n) is 4.07. The largest absolute Gasteiger partial charge is 0.456 e. The van der Waals surface area contributed by atoms with Crippen LogP contribution in [0.1, 0.15) is 23.0 Å². The Morgan fingerprint density at radius 3 is 2.62 bits per heavy atom. The molecule has 0 saturated carbocycles. The fraction of sp³-hybridized carbons (Fsp3) is 0.211. The number of aromatic amines is 1. The van der Waals surface area contributed by atoms with Crippen LogP contribution in [0.4, 0.5) is 0 Å². The van der Waals surface area contributed by atoms with Gasteiger partial charge in [0.15, 0.2) is 0 Å². The van der Waals surface area contributed by atoms with E-state index in [9.17, 15) is 14.4 Å². The van der Waals surface area contributed by atoms with Crippen LogP contribution in [0, 0.1) is 0 Å². The highest BCUT2D eigenvalue weighted by molar-refractivity contribution is 5.93. The Balaban J connectivity index is 2.00. The van der Waals surface area contributed by atoms with Crippen LogP contribution in [0.5, 0.6) is 0 Å². The van der Waals surface area contributed by atoms with Gasteiger partial charge in [-0.2, -0.15) is 0 Å². The van der Waals surface area contributed by atoms with Gasteiger partial charge < -0.3 is 9.72 Å². The highest BCUT2D eigenvalue weighted by Crippen LogP contribution is 2.13. The maximum atomic E-state index is 12.5. The Labute approximate surface area is 149 Å². The number of fused-ring (bicyclic) bond motifs is 1. The molecule has 0 unspecified atom stereocenters. The molecule has 2 aromatic heterocycles. The molecule has 0 atom stereocenters. The molecule has 0 aliphatic rings. The average molecular weight is 353 g/mol. The first-order valence-corrected chi connectivity index (χ1v) is 8.25. The molecule has 0 amide bonds. The van der Waals surface area contributed by atoms with Crippen molar-refractivity contribution in [3.63, 3.8) is 0 Å². The maximum absolute atomic E-state index is 12.5. The van der Waals surface area contributed by atoms with Gasteiger partial charge in [-0.15, -0.1) is 6.58 Å². The van der Waals surface area contributed by atoms with Crippen molar-refractivity contribution in [3.05, 3.63) is 81.1 Å². The fourth-order valence-corrected chi connectivity index (χ4v) is 2.79. The SMILES string of the molecule is C=CCn1c(=O)n(CC)c(=O)c2[nH]c(C(=O)OCc3ccccc3)cc21. The molecule has 0 saturated heterocycles. The molecule has 1 aromatic carbocycles. The van der Waals surface area contributed by atoms with E-state index >= 15 is 0 Å².